The van der Waals surface area contributed by atoms with Crippen LogP contribution in [0.3, 0.4) is 0 Å². The molecule has 4 nitrogen and oxygen atoms in total. The predicted molar refractivity (Wildman–Crippen MR) is 71.4 cm³/mol. The fraction of sp³-hybridized carbons (Fsp3) is 0.538. The summed E-state index contributed by atoms with van der Waals surface area (Å²) in [7, 11) is 1.96. The Hall–Kier alpha value is -1.20. The minimum Gasteiger partial charge on any atom is -0.387 e. The molecule has 0 saturated heterocycles. The van der Waals surface area contributed by atoms with E-state index in [1.54, 1.807) is 17.5 Å². The number of thiazole rings is 1. The van der Waals surface area contributed by atoms with E-state index in [-0.39, 0.29) is 11.5 Å². The maximum Gasteiger partial charge on any atom is 0.168 e. The van der Waals surface area contributed by atoms with Crippen LogP contribution in [0, 0.1) is 5.41 Å². The van der Waals surface area contributed by atoms with E-state index in [0.717, 1.165) is 34.2 Å². The normalized spacial score (nSPS) is 21.9. The number of hydrogen-bond donors (Lipinski definition) is 1. The molecule has 18 heavy (non-hydrogen) atoms. The van der Waals surface area contributed by atoms with Gasteiger partial charge in [0.1, 0.15) is 0 Å². The van der Waals surface area contributed by atoms with E-state index in [0.29, 0.717) is 0 Å². The Morgan fingerprint density at radius 2 is 2.28 bits per heavy atom. The van der Waals surface area contributed by atoms with Crippen molar-refractivity contribution in [3.05, 3.63) is 23.0 Å². The number of imidazole rings is 1. The van der Waals surface area contributed by atoms with Gasteiger partial charge in [-0.05, 0) is 18.3 Å². The predicted octanol–water partition coefficient (Wildman–Crippen LogP) is 2.55. The zero-order chi connectivity index (χ0) is 12.9. The van der Waals surface area contributed by atoms with Crippen LogP contribution in [-0.2, 0) is 13.5 Å². The van der Waals surface area contributed by atoms with Crippen LogP contribution in [-0.4, -0.2) is 19.6 Å². The van der Waals surface area contributed by atoms with Gasteiger partial charge >= 0.3 is 0 Å². The van der Waals surface area contributed by atoms with Crippen molar-refractivity contribution in [3.63, 3.8) is 0 Å². The first kappa shape index (κ1) is 11.9. The molecule has 5 heteroatoms. The smallest absolute Gasteiger partial charge is 0.168 e. The van der Waals surface area contributed by atoms with Crippen molar-refractivity contribution in [1.29, 1.82) is 0 Å². The van der Waals surface area contributed by atoms with Gasteiger partial charge in [-0.15, -0.1) is 11.3 Å². The molecule has 3 rings (SSSR count). The lowest BCUT2D eigenvalue weighted by Crippen LogP contribution is -2.24. The SMILES string of the molecule is Cn1ccnc1-c1nc2c(s1)C(O)CC(C)(C)C2. The fourth-order valence-corrected chi connectivity index (χ4v) is 3.67. The van der Waals surface area contributed by atoms with Gasteiger partial charge in [0.25, 0.3) is 0 Å². The fourth-order valence-electron chi connectivity index (χ4n) is 2.56. The largest absolute Gasteiger partial charge is 0.387 e. The van der Waals surface area contributed by atoms with Gasteiger partial charge in [0.05, 0.1) is 16.7 Å². The summed E-state index contributed by atoms with van der Waals surface area (Å²) in [5, 5.41) is 11.1. The zero-order valence-electron chi connectivity index (χ0n) is 10.8. The van der Waals surface area contributed by atoms with Crippen molar-refractivity contribution in [2.75, 3.05) is 0 Å². The van der Waals surface area contributed by atoms with Crippen molar-refractivity contribution in [2.45, 2.75) is 32.8 Å². The van der Waals surface area contributed by atoms with E-state index in [9.17, 15) is 5.11 Å². The Morgan fingerprint density at radius 3 is 2.94 bits per heavy atom. The summed E-state index contributed by atoms with van der Waals surface area (Å²) >= 11 is 1.57. The maximum absolute atomic E-state index is 10.2. The van der Waals surface area contributed by atoms with Crippen LogP contribution in [0.5, 0.6) is 0 Å². The summed E-state index contributed by atoms with van der Waals surface area (Å²) in [5.41, 5.74) is 1.17. The molecule has 0 spiro atoms. The number of aromatic nitrogens is 3. The second-order valence-electron chi connectivity index (χ2n) is 5.75. The standard InChI is InChI=1S/C13H17N3OS/c1-13(2)6-8-10(9(17)7-13)18-12(15-8)11-14-4-5-16(11)3/h4-5,9,17H,6-7H2,1-3H3. The zero-order valence-corrected chi connectivity index (χ0v) is 11.7. The Bertz CT molecular complexity index is 585. The highest BCUT2D eigenvalue weighted by Gasteiger charge is 2.34. The molecule has 1 N–H and O–H groups in total. The van der Waals surface area contributed by atoms with E-state index in [2.05, 4.69) is 23.8 Å². The van der Waals surface area contributed by atoms with Crippen molar-refractivity contribution < 1.29 is 5.11 Å². The third kappa shape index (κ3) is 1.87. The Balaban J connectivity index is 2.06. The van der Waals surface area contributed by atoms with Crippen molar-refractivity contribution in [1.82, 2.24) is 14.5 Å². The van der Waals surface area contributed by atoms with E-state index in [1.807, 2.05) is 17.8 Å². The average molecular weight is 263 g/mol. The first-order valence-electron chi connectivity index (χ1n) is 6.12. The highest BCUT2D eigenvalue weighted by Crippen LogP contribution is 2.44. The van der Waals surface area contributed by atoms with Crippen LogP contribution < -0.4 is 0 Å². The summed E-state index contributed by atoms with van der Waals surface area (Å²) in [6.45, 7) is 4.36. The molecule has 0 fully saturated rings. The molecule has 0 aromatic carbocycles. The van der Waals surface area contributed by atoms with E-state index < -0.39 is 0 Å². The number of hydrogen-bond acceptors (Lipinski definition) is 4. The monoisotopic (exact) mass is 263 g/mol. The summed E-state index contributed by atoms with van der Waals surface area (Å²) < 4.78 is 1.96. The Labute approximate surface area is 110 Å². The minimum absolute atomic E-state index is 0.124. The lowest BCUT2D eigenvalue weighted by atomic mass is 9.77. The summed E-state index contributed by atoms with van der Waals surface area (Å²) in [4.78, 5) is 10.0. The molecule has 0 aliphatic heterocycles. The summed E-state index contributed by atoms with van der Waals surface area (Å²) in [6.07, 6.45) is 5.05. The molecule has 1 aliphatic carbocycles. The van der Waals surface area contributed by atoms with Gasteiger partial charge in [-0.1, -0.05) is 13.8 Å². The minimum atomic E-state index is -0.379. The molecular formula is C13H17N3OS. The van der Waals surface area contributed by atoms with Crippen LogP contribution in [0.4, 0.5) is 0 Å². The maximum atomic E-state index is 10.2. The van der Waals surface area contributed by atoms with Crippen LogP contribution in [0.15, 0.2) is 12.4 Å². The van der Waals surface area contributed by atoms with Crippen molar-refractivity contribution in [2.24, 2.45) is 12.5 Å². The molecule has 0 saturated carbocycles. The quantitative estimate of drug-likeness (QED) is 0.860. The molecule has 1 unspecified atom stereocenters. The van der Waals surface area contributed by atoms with Gasteiger partial charge in [0.2, 0.25) is 0 Å². The van der Waals surface area contributed by atoms with Gasteiger partial charge in [-0.3, -0.25) is 0 Å². The molecular weight excluding hydrogens is 246 g/mol. The second-order valence-corrected chi connectivity index (χ2v) is 6.78. The molecule has 96 valence electrons. The van der Waals surface area contributed by atoms with Crippen LogP contribution in [0.25, 0.3) is 10.8 Å². The van der Waals surface area contributed by atoms with Crippen molar-refractivity contribution >= 4 is 11.3 Å². The molecule has 0 amide bonds. The lowest BCUT2D eigenvalue weighted by Gasteiger charge is -2.31. The van der Waals surface area contributed by atoms with Crippen LogP contribution in [0.1, 0.15) is 36.9 Å². The highest BCUT2D eigenvalue weighted by atomic mass is 32.1. The topological polar surface area (TPSA) is 50.9 Å². The molecule has 2 aromatic heterocycles. The van der Waals surface area contributed by atoms with Crippen LogP contribution >= 0.6 is 11.3 Å². The number of nitrogens with zero attached hydrogens (tertiary/aromatic N) is 3. The van der Waals surface area contributed by atoms with E-state index in [1.165, 1.54) is 0 Å². The van der Waals surface area contributed by atoms with E-state index >= 15 is 0 Å². The first-order valence-corrected chi connectivity index (χ1v) is 6.93. The van der Waals surface area contributed by atoms with Gasteiger partial charge in [-0.25, -0.2) is 9.97 Å². The average Bonchev–Trinajstić information content (AvgIpc) is 2.82. The number of fused-ring (bicyclic) bond motifs is 1. The molecule has 1 atom stereocenters. The lowest BCUT2D eigenvalue weighted by molar-refractivity contribution is 0.102. The molecule has 2 heterocycles. The summed E-state index contributed by atoms with van der Waals surface area (Å²) in [5.74, 6) is 0.874. The van der Waals surface area contributed by atoms with Gasteiger partial charge < -0.3 is 9.67 Å². The molecule has 0 bridgehead atoms. The van der Waals surface area contributed by atoms with E-state index in [4.69, 9.17) is 0 Å². The van der Waals surface area contributed by atoms with Gasteiger partial charge in [-0.2, -0.15) is 0 Å². The third-order valence-corrected chi connectivity index (χ3v) is 4.63. The third-order valence-electron chi connectivity index (χ3n) is 3.43. The summed E-state index contributed by atoms with van der Waals surface area (Å²) in [6, 6.07) is 0. The first-order chi connectivity index (χ1) is 8.46. The molecule has 1 aliphatic rings. The van der Waals surface area contributed by atoms with Gasteiger partial charge in [0.15, 0.2) is 10.8 Å². The van der Waals surface area contributed by atoms with Crippen LogP contribution in [0.2, 0.25) is 0 Å². The van der Waals surface area contributed by atoms with Crippen molar-refractivity contribution in [3.8, 4) is 10.8 Å². The second kappa shape index (κ2) is 3.90. The Morgan fingerprint density at radius 1 is 1.50 bits per heavy atom. The number of aliphatic hydroxyl groups excluding tert-OH is 1. The molecule has 2 aromatic rings. The number of aliphatic hydroxyl groups is 1. The highest BCUT2D eigenvalue weighted by molar-refractivity contribution is 7.15. The number of rotatable bonds is 1. The Kier molecular flexibility index (Phi) is 2.57. The van der Waals surface area contributed by atoms with Gasteiger partial charge in [0, 0.05) is 19.4 Å². The number of aryl methyl sites for hydroxylation is 1. The molecule has 0 radical (unpaired) electrons.